The van der Waals surface area contributed by atoms with Gasteiger partial charge in [0, 0.05) is 34.7 Å². The van der Waals surface area contributed by atoms with E-state index in [1.165, 1.54) is 17.0 Å². The van der Waals surface area contributed by atoms with Crippen molar-refractivity contribution in [1.29, 1.82) is 0 Å². The van der Waals surface area contributed by atoms with Crippen molar-refractivity contribution in [3.63, 3.8) is 0 Å². The Morgan fingerprint density at radius 2 is 2.27 bits per heavy atom. The van der Waals surface area contributed by atoms with Crippen molar-refractivity contribution in [3.05, 3.63) is 34.1 Å². The summed E-state index contributed by atoms with van der Waals surface area (Å²) in [6.45, 7) is 7.86. The normalized spacial score (nSPS) is 21.9. The summed E-state index contributed by atoms with van der Waals surface area (Å²) in [5, 5.41) is 8.56. The molecule has 0 spiro atoms. The first-order valence-electron chi connectivity index (χ1n) is 8.85. The second kappa shape index (κ2) is 7.54. The summed E-state index contributed by atoms with van der Waals surface area (Å²) in [5.74, 6) is 0.818. The molecule has 0 radical (unpaired) electrons. The fourth-order valence-electron chi connectivity index (χ4n) is 3.30. The highest BCUT2D eigenvalue weighted by molar-refractivity contribution is 8.14. The van der Waals surface area contributed by atoms with Gasteiger partial charge in [0.05, 0.1) is 24.1 Å². The van der Waals surface area contributed by atoms with Crippen LogP contribution in [0, 0.1) is 20.8 Å². The maximum absolute atomic E-state index is 5.62. The Morgan fingerprint density at radius 1 is 1.38 bits per heavy atom. The Kier molecular flexibility index (Phi) is 5.15. The number of nitrogens with one attached hydrogen (secondary N) is 1. The molecule has 1 unspecified atom stereocenters. The van der Waals surface area contributed by atoms with E-state index in [1.54, 1.807) is 23.1 Å². The Labute approximate surface area is 161 Å². The second-order valence-corrected chi connectivity index (χ2v) is 8.43. The van der Waals surface area contributed by atoms with Gasteiger partial charge in [-0.2, -0.15) is 5.10 Å². The lowest BCUT2D eigenvalue weighted by atomic mass is 10.1. The predicted molar refractivity (Wildman–Crippen MR) is 109 cm³/mol. The van der Waals surface area contributed by atoms with Gasteiger partial charge in [-0.3, -0.25) is 15.0 Å². The van der Waals surface area contributed by atoms with Crippen molar-refractivity contribution >= 4 is 34.0 Å². The molecule has 2 aromatic heterocycles. The van der Waals surface area contributed by atoms with Gasteiger partial charge < -0.3 is 4.74 Å². The number of amidine groups is 1. The number of aromatic nitrogens is 2. The summed E-state index contributed by atoms with van der Waals surface area (Å²) in [4.78, 5) is 9.24. The lowest BCUT2D eigenvalue weighted by Gasteiger charge is -2.16. The molecule has 8 heteroatoms. The number of aryl methyl sites for hydroxylation is 2. The first kappa shape index (κ1) is 17.8. The van der Waals surface area contributed by atoms with E-state index in [1.807, 2.05) is 6.92 Å². The van der Waals surface area contributed by atoms with Gasteiger partial charge in [-0.1, -0.05) is 11.8 Å². The van der Waals surface area contributed by atoms with Crippen LogP contribution < -0.4 is 5.43 Å². The monoisotopic (exact) mass is 389 g/mol. The van der Waals surface area contributed by atoms with Gasteiger partial charge in [-0.25, -0.2) is 4.98 Å². The molecule has 1 saturated heterocycles. The summed E-state index contributed by atoms with van der Waals surface area (Å²) < 4.78 is 7.83. The third-order valence-corrected chi connectivity index (χ3v) is 6.49. The molecule has 138 valence electrons. The van der Waals surface area contributed by atoms with Crippen LogP contribution in [0.4, 0.5) is 0 Å². The van der Waals surface area contributed by atoms with Crippen LogP contribution in [0.25, 0.3) is 5.13 Å². The number of aliphatic imine (C=N–C) groups is 1. The van der Waals surface area contributed by atoms with Gasteiger partial charge >= 0.3 is 0 Å². The highest BCUT2D eigenvalue weighted by Gasteiger charge is 2.21. The molecule has 26 heavy (non-hydrogen) atoms. The van der Waals surface area contributed by atoms with E-state index in [0.29, 0.717) is 0 Å². The molecule has 0 amide bonds. The summed E-state index contributed by atoms with van der Waals surface area (Å²) in [7, 11) is 0. The highest BCUT2D eigenvalue weighted by atomic mass is 32.2. The van der Waals surface area contributed by atoms with Gasteiger partial charge in [0.1, 0.15) is 0 Å². The maximum Gasteiger partial charge on any atom is 0.194 e. The number of thioether (sulfide) groups is 1. The summed E-state index contributed by atoms with van der Waals surface area (Å²) in [6, 6.07) is 2.20. The quantitative estimate of drug-likeness (QED) is 0.870. The molecular formula is C18H23N5OS2. The molecule has 0 saturated carbocycles. The van der Waals surface area contributed by atoms with E-state index in [0.717, 1.165) is 53.5 Å². The van der Waals surface area contributed by atoms with Crippen molar-refractivity contribution in [2.45, 2.75) is 39.7 Å². The summed E-state index contributed by atoms with van der Waals surface area (Å²) >= 11 is 3.37. The highest BCUT2D eigenvalue weighted by Crippen LogP contribution is 2.25. The predicted octanol–water partition coefficient (Wildman–Crippen LogP) is 3.43. The van der Waals surface area contributed by atoms with Crippen molar-refractivity contribution in [3.8, 4) is 5.13 Å². The first-order valence-corrected chi connectivity index (χ1v) is 10.7. The summed E-state index contributed by atoms with van der Waals surface area (Å²) in [5.41, 5.74) is 8.75. The Morgan fingerprint density at radius 3 is 2.92 bits per heavy atom. The van der Waals surface area contributed by atoms with E-state index in [9.17, 15) is 0 Å². The van der Waals surface area contributed by atoms with Crippen LogP contribution in [0.1, 0.15) is 35.5 Å². The van der Waals surface area contributed by atoms with Crippen LogP contribution in [0.2, 0.25) is 0 Å². The van der Waals surface area contributed by atoms with E-state index in [4.69, 9.17) is 4.74 Å². The molecule has 2 aliphatic rings. The van der Waals surface area contributed by atoms with Crippen LogP contribution in [-0.4, -0.2) is 45.4 Å². The average Bonchev–Trinajstić information content (AvgIpc) is 3.35. The van der Waals surface area contributed by atoms with Crippen molar-refractivity contribution in [1.82, 2.24) is 15.0 Å². The van der Waals surface area contributed by atoms with Crippen LogP contribution in [-0.2, 0) is 4.74 Å². The third kappa shape index (κ3) is 3.58. The average molecular weight is 390 g/mol. The molecule has 0 aromatic carbocycles. The molecule has 4 rings (SSSR count). The number of hydrazone groups is 1. The minimum absolute atomic E-state index is 0.274. The van der Waals surface area contributed by atoms with Crippen molar-refractivity contribution in [2.24, 2.45) is 10.1 Å². The smallest absolute Gasteiger partial charge is 0.194 e. The maximum atomic E-state index is 5.62. The van der Waals surface area contributed by atoms with Gasteiger partial charge in [-0.05, 0) is 39.7 Å². The van der Waals surface area contributed by atoms with Crippen LogP contribution >= 0.6 is 23.1 Å². The molecule has 2 aromatic rings. The van der Waals surface area contributed by atoms with Gasteiger partial charge in [-0.15, -0.1) is 11.3 Å². The van der Waals surface area contributed by atoms with Crippen LogP contribution in [0.5, 0.6) is 0 Å². The van der Waals surface area contributed by atoms with E-state index >= 15 is 0 Å². The molecule has 0 aliphatic carbocycles. The summed E-state index contributed by atoms with van der Waals surface area (Å²) in [6.07, 6.45) is 2.53. The van der Waals surface area contributed by atoms with Crippen molar-refractivity contribution < 1.29 is 4.74 Å². The standard InChI is InChI=1S/C18H23N5OS2/c1-11-9-26-18(20-11)23-12(2)7-15(13(23)3)16-10-25-17(22-21-16)19-8-14-5-4-6-24-14/h7,9,14H,4-6,8,10H2,1-3H3,(H,19,22). The van der Waals surface area contributed by atoms with Gasteiger partial charge in [0.15, 0.2) is 10.3 Å². The number of nitrogens with zero attached hydrogens (tertiary/aromatic N) is 4. The zero-order valence-electron chi connectivity index (χ0n) is 15.3. The van der Waals surface area contributed by atoms with E-state index in [-0.39, 0.29) is 6.10 Å². The van der Waals surface area contributed by atoms with Crippen LogP contribution in [0.3, 0.4) is 0 Å². The van der Waals surface area contributed by atoms with Gasteiger partial charge in [0.2, 0.25) is 0 Å². The molecule has 1 fully saturated rings. The zero-order valence-corrected chi connectivity index (χ0v) is 16.9. The first-order chi connectivity index (χ1) is 12.6. The minimum atomic E-state index is 0.274. The number of ether oxygens (including phenoxy) is 1. The molecule has 1 atom stereocenters. The van der Waals surface area contributed by atoms with Crippen LogP contribution in [0.15, 0.2) is 21.5 Å². The number of rotatable bonds is 4. The minimum Gasteiger partial charge on any atom is -0.376 e. The molecule has 2 aliphatic heterocycles. The fraction of sp³-hybridized carbons (Fsp3) is 0.500. The van der Waals surface area contributed by atoms with Gasteiger partial charge in [0.25, 0.3) is 0 Å². The molecule has 4 heterocycles. The topological polar surface area (TPSA) is 63.8 Å². The SMILES string of the molecule is Cc1csc(-n2c(C)cc(C3=NNC(=NCC4CCCO4)SC3)c2C)n1. The van der Waals surface area contributed by atoms with E-state index < -0.39 is 0 Å². The molecular weight excluding hydrogens is 366 g/mol. The Hall–Kier alpha value is -1.64. The lowest BCUT2D eigenvalue weighted by Crippen LogP contribution is -2.26. The molecule has 6 nitrogen and oxygen atoms in total. The van der Waals surface area contributed by atoms with E-state index in [2.05, 4.69) is 50.4 Å². The molecule has 1 N–H and O–H groups in total. The lowest BCUT2D eigenvalue weighted by molar-refractivity contribution is 0.118. The largest absolute Gasteiger partial charge is 0.376 e. The number of hydrogen-bond donors (Lipinski definition) is 1. The Bertz CT molecular complexity index is 861. The van der Waals surface area contributed by atoms with Crippen molar-refractivity contribution in [2.75, 3.05) is 18.9 Å². The third-order valence-electron chi connectivity index (χ3n) is 4.63. The molecule has 0 bridgehead atoms. The second-order valence-electron chi connectivity index (χ2n) is 6.63. The zero-order chi connectivity index (χ0) is 18.1. The fourth-order valence-corrected chi connectivity index (χ4v) is 4.98. The number of hydrogen-bond acceptors (Lipinski definition) is 6. The number of thiazole rings is 1. The Balaban J connectivity index is 1.51.